The third-order valence-corrected chi connectivity index (χ3v) is 4.83. The lowest BCUT2D eigenvalue weighted by Crippen LogP contribution is -2.31. The van der Waals surface area contributed by atoms with Crippen molar-refractivity contribution >= 4 is 17.1 Å². The van der Waals surface area contributed by atoms with Gasteiger partial charge in [-0.15, -0.1) is 0 Å². The van der Waals surface area contributed by atoms with Crippen molar-refractivity contribution in [1.29, 1.82) is 0 Å². The number of hydrogen-bond acceptors (Lipinski definition) is 4. The van der Waals surface area contributed by atoms with Crippen LogP contribution in [0.1, 0.15) is 11.4 Å². The summed E-state index contributed by atoms with van der Waals surface area (Å²) >= 11 is 5.93. The minimum absolute atomic E-state index is 0.420. The van der Waals surface area contributed by atoms with E-state index in [-0.39, 0.29) is 0 Å². The second-order valence-corrected chi connectivity index (χ2v) is 6.96. The molecule has 130 valence electrons. The number of hydrogen-bond donors (Lipinski definition) is 0. The Morgan fingerprint density at radius 3 is 3.04 bits per heavy atom. The molecule has 3 aromatic heterocycles. The van der Waals surface area contributed by atoms with E-state index in [0.717, 1.165) is 50.7 Å². The standard InChI is InChI=1S/C19H21ClN4O/c20-16-3-4-17(22-11-16)13-23-8-9-25-14-15(12-23)10-18-19-2-1-6-24(19)7-5-21-18/h1-7,11,15H,8-10,12-14H2/t15-/m1/s1. The summed E-state index contributed by atoms with van der Waals surface area (Å²) in [6.45, 7) is 4.25. The Kier molecular flexibility index (Phi) is 4.97. The van der Waals surface area contributed by atoms with E-state index in [1.54, 1.807) is 6.20 Å². The molecule has 0 spiro atoms. The highest BCUT2D eigenvalue weighted by Crippen LogP contribution is 2.18. The van der Waals surface area contributed by atoms with Crippen LogP contribution in [0.3, 0.4) is 0 Å². The van der Waals surface area contributed by atoms with E-state index < -0.39 is 0 Å². The van der Waals surface area contributed by atoms with E-state index in [0.29, 0.717) is 10.9 Å². The minimum Gasteiger partial charge on any atom is -0.380 e. The molecule has 1 atom stereocenters. The van der Waals surface area contributed by atoms with Gasteiger partial charge >= 0.3 is 0 Å². The highest BCUT2D eigenvalue weighted by molar-refractivity contribution is 6.30. The Morgan fingerprint density at radius 2 is 2.16 bits per heavy atom. The maximum atomic E-state index is 5.93. The molecule has 1 aliphatic heterocycles. The first-order valence-corrected chi connectivity index (χ1v) is 8.97. The zero-order valence-corrected chi connectivity index (χ0v) is 14.8. The number of nitrogens with zero attached hydrogens (tertiary/aromatic N) is 4. The molecule has 0 aromatic carbocycles. The predicted molar refractivity (Wildman–Crippen MR) is 97.7 cm³/mol. The molecule has 0 bridgehead atoms. The fourth-order valence-corrected chi connectivity index (χ4v) is 3.52. The number of rotatable bonds is 4. The molecule has 4 heterocycles. The average molecular weight is 357 g/mol. The van der Waals surface area contributed by atoms with Crippen molar-refractivity contribution < 1.29 is 4.74 Å². The second-order valence-electron chi connectivity index (χ2n) is 6.52. The van der Waals surface area contributed by atoms with Crippen LogP contribution in [0, 0.1) is 5.92 Å². The third-order valence-electron chi connectivity index (χ3n) is 4.61. The molecule has 0 amide bonds. The second kappa shape index (κ2) is 7.52. The van der Waals surface area contributed by atoms with Crippen molar-refractivity contribution in [1.82, 2.24) is 19.3 Å². The predicted octanol–water partition coefficient (Wildman–Crippen LogP) is 3.07. The van der Waals surface area contributed by atoms with Gasteiger partial charge in [0.2, 0.25) is 0 Å². The smallest absolute Gasteiger partial charge is 0.0666 e. The highest BCUT2D eigenvalue weighted by Gasteiger charge is 2.21. The topological polar surface area (TPSA) is 42.7 Å². The van der Waals surface area contributed by atoms with Crippen LogP contribution in [0.4, 0.5) is 0 Å². The fraction of sp³-hybridized carbons (Fsp3) is 0.368. The van der Waals surface area contributed by atoms with Crippen LogP contribution < -0.4 is 0 Å². The number of ether oxygens (including phenoxy) is 1. The van der Waals surface area contributed by atoms with E-state index in [1.807, 2.05) is 24.5 Å². The lowest BCUT2D eigenvalue weighted by molar-refractivity contribution is 0.121. The summed E-state index contributed by atoms with van der Waals surface area (Å²) in [7, 11) is 0. The number of halogens is 1. The molecule has 0 saturated carbocycles. The first-order chi connectivity index (χ1) is 12.3. The molecule has 1 saturated heterocycles. The van der Waals surface area contributed by atoms with E-state index >= 15 is 0 Å². The number of aromatic nitrogens is 3. The molecular weight excluding hydrogens is 336 g/mol. The quantitative estimate of drug-likeness (QED) is 0.720. The Balaban J connectivity index is 1.46. The van der Waals surface area contributed by atoms with Crippen molar-refractivity contribution in [2.45, 2.75) is 13.0 Å². The van der Waals surface area contributed by atoms with Gasteiger partial charge in [-0.05, 0) is 30.7 Å². The largest absolute Gasteiger partial charge is 0.380 e. The van der Waals surface area contributed by atoms with Gasteiger partial charge in [-0.3, -0.25) is 14.9 Å². The number of pyridine rings is 1. The van der Waals surface area contributed by atoms with Gasteiger partial charge in [0.25, 0.3) is 0 Å². The summed E-state index contributed by atoms with van der Waals surface area (Å²) in [6, 6.07) is 8.07. The molecular formula is C19H21ClN4O. The molecule has 0 aliphatic carbocycles. The monoisotopic (exact) mass is 356 g/mol. The van der Waals surface area contributed by atoms with Gasteiger partial charge in [0.1, 0.15) is 0 Å². The van der Waals surface area contributed by atoms with E-state index in [9.17, 15) is 0 Å². The SMILES string of the molecule is Clc1ccc(CN2CCOC[C@H](Cc3nccn4cccc34)C2)nc1. The normalized spacial score (nSPS) is 19.2. The Morgan fingerprint density at radius 1 is 1.20 bits per heavy atom. The van der Waals surface area contributed by atoms with Gasteiger partial charge in [-0.2, -0.15) is 0 Å². The van der Waals surface area contributed by atoms with E-state index in [4.69, 9.17) is 16.3 Å². The summed E-state index contributed by atoms with van der Waals surface area (Å²) in [5.74, 6) is 0.420. The summed E-state index contributed by atoms with van der Waals surface area (Å²) in [5.41, 5.74) is 3.35. The maximum Gasteiger partial charge on any atom is 0.0666 e. The van der Waals surface area contributed by atoms with Gasteiger partial charge in [-0.25, -0.2) is 0 Å². The van der Waals surface area contributed by atoms with Crippen LogP contribution >= 0.6 is 11.6 Å². The first-order valence-electron chi connectivity index (χ1n) is 8.59. The average Bonchev–Trinajstić information content (AvgIpc) is 3.00. The Hall–Kier alpha value is -1.95. The van der Waals surface area contributed by atoms with Gasteiger partial charge < -0.3 is 9.14 Å². The van der Waals surface area contributed by atoms with Crippen molar-refractivity contribution in [3.63, 3.8) is 0 Å². The molecule has 4 rings (SSSR count). The van der Waals surface area contributed by atoms with E-state index in [1.165, 1.54) is 5.52 Å². The van der Waals surface area contributed by atoms with Crippen LogP contribution in [-0.4, -0.2) is 45.6 Å². The molecule has 5 nitrogen and oxygen atoms in total. The lowest BCUT2D eigenvalue weighted by Gasteiger charge is -2.23. The fourth-order valence-electron chi connectivity index (χ4n) is 3.41. The van der Waals surface area contributed by atoms with Crippen molar-refractivity contribution in [3.8, 4) is 0 Å². The summed E-state index contributed by atoms with van der Waals surface area (Å²) in [4.78, 5) is 11.4. The molecule has 0 N–H and O–H groups in total. The zero-order chi connectivity index (χ0) is 17.1. The lowest BCUT2D eigenvalue weighted by atomic mass is 10.0. The molecule has 1 aliphatic rings. The van der Waals surface area contributed by atoms with Crippen LogP contribution in [0.15, 0.2) is 49.1 Å². The van der Waals surface area contributed by atoms with Gasteiger partial charge in [0.15, 0.2) is 0 Å². The van der Waals surface area contributed by atoms with Gasteiger partial charge in [0.05, 0.1) is 35.1 Å². The molecule has 0 unspecified atom stereocenters. The van der Waals surface area contributed by atoms with Gasteiger partial charge in [-0.1, -0.05) is 11.6 Å². The molecule has 3 aromatic rings. The molecule has 6 heteroatoms. The summed E-state index contributed by atoms with van der Waals surface area (Å²) in [5, 5.41) is 0.673. The molecule has 25 heavy (non-hydrogen) atoms. The van der Waals surface area contributed by atoms with Crippen LogP contribution in [0.2, 0.25) is 5.02 Å². The van der Waals surface area contributed by atoms with Crippen molar-refractivity contribution in [2.75, 3.05) is 26.3 Å². The van der Waals surface area contributed by atoms with Gasteiger partial charge in [0, 0.05) is 50.3 Å². The summed E-state index contributed by atoms with van der Waals surface area (Å²) < 4.78 is 7.96. The van der Waals surface area contributed by atoms with E-state index in [2.05, 4.69) is 37.6 Å². The Labute approximate surface area is 152 Å². The van der Waals surface area contributed by atoms with Crippen LogP contribution in [-0.2, 0) is 17.7 Å². The zero-order valence-electron chi connectivity index (χ0n) is 14.0. The van der Waals surface area contributed by atoms with Crippen molar-refractivity contribution in [3.05, 3.63) is 65.5 Å². The maximum absolute atomic E-state index is 5.93. The number of fused-ring (bicyclic) bond motifs is 1. The first kappa shape index (κ1) is 16.5. The Bertz CT molecular complexity index is 833. The minimum atomic E-state index is 0.420. The van der Waals surface area contributed by atoms with Crippen molar-refractivity contribution in [2.24, 2.45) is 5.92 Å². The molecule has 1 fully saturated rings. The summed E-state index contributed by atoms with van der Waals surface area (Å²) in [6.07, 6.45) is 8.54. The highest BCUT2D eigenvalue weighted by atomic mass is 35.5. The van der Waals surface area contributed by atoms with Crippen LogP contribution in [0.25, 0.3) is 5.52 Å². The van der Waals surface area contributed by atoms with Crippen LogP contribution in [0.5, 0.6) is 0 Å². The third kappa shape index (κ3) is 4.00. The molecule has 0 radical (unpaired) electrons.